The lowest BCUT2D eigenvalue weighted by atomic mass is 10.0. The Balaban J connectivity index is 3.76. The molecule has 0 bridgehead atoms. The van der Waals surface area contributed by atoms with Gasteiger partial charge in [-0.05, 0) is 27.2 Å². The molecule has 0 spiro atoms. The second-order valence-corrected chi connectivity index (χ2v) is 5.10. The van der Waals surface area contributed by atoms with Gasteiger partial charge in [0, 0.05) is 12.8 Å². The number of hydrogen-bond acceptors (Lipinski definition) is 3. The van der Waals surface area contributed by atoms with Crippen LogP contribution in [0.2, 0.25) is 0 Å². The number of unbranched alkanes of at least 4 members (excludes halogenated alkanes) is 3. The van der Waals surface area contributed by atoms with E-state index in [-0.39, 0.29) is 5.97 Å². The summed E-state index contributed by atoms with van der Waals surface area (Å²) in [5, 5.41) is 9.26. The van der Waals surface area contributed by atoms with Gasteiger partial charge in [-0.25, -0.2) is 0 Å². The largest absolute Gasteiger partial charge is 0.460 e. The van der Waals surface area contributed by atoms with Gasteiger partial charge in [0.2, 0.25) is 0 Å². The zero-order chi connectivity index (χ0) is 12.6. The van der Waals surface area contributed by atoms with Crippen molar-refractivity contribution < 1.29 is 14.6 Å². The van der Waals surface area contributed by atoms with E-state index in [0.29, 0.717) is 12.8 Å². The molecule has 1 unspecified atom stereocenters. The number of esters is 1. The summed E-state index contributed by atoms with van der Waals surface area (Å²) in [5.41, 5.74) is -0.560. The van der Waals surface area contributed by atoms with Gasteiger partial charge >= 0.3 is 5.97 Å². The van der Waals surface area contributed by atoms with Crippen molar-refractivity contribution in [3.8, 4) is 0 Å². The average Bonchev–Trinajstić information content (AvgIpc) is 2.09. The number of rotatable bonds is 8. The van der Waals surface area contributed by atoms with Gasteiger partial charge in [-0.15, -0.1) is 0 Å². The Morgan fingerprint density at radius 2 is 1.94 bits per heavy atom. The Bertz CT molecular complexity index is 197. The van der Waals surface area contributed by atoms with Crippen molar-refractivity contribution in [2.75, 3.05) is 0 Å². The SMILES string of the molecule is CCCCCCC(=O)OC(C)(C)CC(C)O. The summed E-state index contributed by atoms with van der Waals surface area (Å²) in [6, 6.07) is 0. The van der Waals surface area contributed by atoms with Crippen molar-refractivity contribution >= 4 is 5.97 Å². The number of carbonyl (C=O) groups excluding carboxylic acids is 1. The lowest BCUT2D eigenvalue weighted by Crippen LogP contribution is -2.31. The molecule has 0 aliphatic heterocycles. The van der Waals surface area contributed by atoms with Crippen LogP contribution in [0.25, 0.3) is 0 Å². The van der Waals surface area contributed by atoms with Gasteiger partial charge in [-0.3, -0.25) is 4.79 Å². The van der Waals surface area contributed by atoms with Crippen LogP contribution in [-0.2, 0) is 9.53 Å². The van der Waals surface area contributed by atoms with Crippen molar-refractivity contribution in [1.29, 1.82) is 0 Å². The van der Waals surface area contributed by atoms with Crippen LogP contribution in [-0.4, -0.2) is 22.8 Å². The van der Waals surface area contributed by atoms with Gasteiger partial charge < -0.3 is 9.84 Å². The quantitative estimate of drug-likeness (QED) is 0.515. The predicted octanol–water partition coefficient (Wildman–Crippen LogP) is 3.05. The molecule has 0 rings (SSSR count). The van der Waals surface area contributed by atoms with Gasteiger partial charge in [0.25, 0.3) is 0 Å². The molecule has 0 fully saturated rings. The minimum Gasteiger partial charge on any atom is -0.460 e. The molecule has 16 heavy (non-hydrogen) atoms. The Labute approximate surface area is 99.2 Å². The summed E-state index contributed by atoms with van der Waals surface area (Å²) >= 11 is 0. The fourth-order valence-electron chi connectivity index (χ4n) is 1.81. The van der Waals surface area contributed by atoms with E-state index in [0.717, 1.165) is 12.8 Å². The Morgan fingerprint density at radius 1 is 1.31 bits per heavy atom. The van der Waals surface area contributed by atoms with E-state index in [4.69, 9.17) is 4.74 Å². The topological polar surface area (TPSA) is 46.5 Å². The normalized spacial score (nSPS) is 13.6. The molecule has 0 radical (unpaired) electrons. The van der Waals surface area contributed by atoms with Crippen LogP contribution in [0.15, 0.2) is 0 Å². The van der Waals surface area contributed by atoms with E-state index in [1.807, 2.05) is 13.8 Å². The highest BCUT2D eigenvalue weighted by atomic mass is 16.6. The molecule has 1 N–H and O–H groups in total. The Kier molecular flexibility index (Phi) is 7.39. The summed E-state index contributed by atoms with van der Waals surface area (Å²) in [5.74, 6) is -0.151. The molecule has 0 heterocycles. The van der Waals surface area contributed by atoms with Crippen LogP contribution in [0.1, 0.15) is 66.2 Å². The maximum Gasteiger partial charge on any atom is 0.306 e. The van der Waals surface area contributed by atoms with Crippen LogP contribution in [0.5, 0.6) is 0 Å². The second-order valence-electron chi connectivity index (χ2n) is 5.10. The van der Waals surface area contributed by atoms with Gasteiger partial charge in [-0.2, -0.15) is 0 Å². The molecule has 3 heteroatoms. The van der Waals surface area contributed by atoms with Crippen molar-refractivity contribution in [3.05, 3.63) is 0 Å². The molecule has 0 saturated heterocycles. The van der Waals surface area contributed by atoms with Crippen molar-refractivity contribution in [2.45, 2.75) is 77.9 Å². The first-order valence-electron chi connectivity index (χ1n) is 6.27. The van der Waals surface area contributed by atoms with Gasteiger partial charge in [0.05, 0.1) is 6.10 Å². The van der Waals surface area contributed by atoms with E-state index in [1.165, 1.54) is 12.8 Å². The molecule has 0 aromatic rings. The number of aliphatic hydroxyl groups is 1. The number of hydrogen-bond donors (Lipinski definition) is 1. The minimum atomic E-state index is -0.560. The molecule has 0 aliphatic carbocycles. The lowest BCUT2D eigenvalue weighted by Gasteiger charge is -2.26. The first-order chi connectivity index (χ1) is 7.37. The smallest absolute Gasteiger partial charge is 0.306 e. The van der Waals surface area contributed by atoms with Crippen molar-refractivity contribution in [3.63, 3.8) is 0 Å². The molecular weight excluding hydrogens is 204 g/mol. The summed E-state index contributed by atoms with van der Waals surface area (Å²) in [7, 11) is 0. The summed E-state index contributed by atoms with van der Waals surface area (Å²) < 4.78 is 5.33. The van der Waals surface area contributed by atoms with E-state index < -0.39 is 11.7 Å². The Morgan fingerprint density at radius 3 is 2.44 bits per heavy atom. The van der Waals surface area contributed by atoms with Crippen LogP contribution >= 0.6 is 0 Å². The Hall–Kier alpha value is -0.570. The zero-order valence-corrected chi connectivity index (χ0v) is 11.1. The summed E-state index contributed by atoms with van der Waals surface area (Å²) in [6.45, 7) is 7.52. The predicted molar refractivity (Wildman–Crippen MR) is 65.2 cm³/mol. The second kappa shape index (κ2) is 7.66. The third-order valence-corrected chi connectivity index (χ3v) is 2.41. The maximum atomic E-state index is 11.5. The average molecular weight is 230 g/mol. The molecule has 1 atom stereocenters. The number of ether oxygens (including phenoxy) is 1. The van der Waals surface area contributed by atoms with E-state index >= 15 is 0 Å². The van der Waals surface area contributed by atoms with E-state index in [1.54, 1.807) is 6.92 Å². The first-order valence-corrected chi connectivity index (χ1v) is 6.27. The monoisotopic (exact) mass is 230 g/mol. The fraction of sp³-hybridized carbons (Fsp3) is 0.923. The zero-order valence-electron chi connectivity index (χ0n) is 11.1. The maximum absolute atomic E-state index is 11.5. The van der Waals surface area contributed by atoms with Crippen LogP contribution in [0, 0.1) is 0 Å². The summed E-state index contributed by atoms with van der Waals surface area (Å²) in [4.78, 5) is 11.5. The number of carbonyl (C=O) groups is 1. The molecule has 3 nitrogen and oxygen atoms in total. The standard InChI is InChI=1S/C13H26O3/c1-5-6-7-8-9-12(15)16-13(3,4)10-11(2)14/h11,14H,5-10H2,1-4H3. The van der Waals surface area contributed by atoms with Crippen LogP contribution in [0.3, 0.4) is 0 Å². The third kappa shape index (κ3) is 8.72. The van der Waals surface area contributed by atoms with Gasteiger partial charge in [-0.1, -0.05) is 26.2 Å². The molecule has 0 aliphatic rings. The minimum absolute atomic E-state index is 0.151. The van der Waals surface area contributed by atoms with Crippen molar-refractivity contribution in [1.82, 2.24) is 0 Å². The summed E-state index contributed by atoms with van der Waals surface area (Å²) in [6.07, 6.45) is 4.85. The highest BCUT2D eigenvalue weighted by molar-refractivity contribution is 5.69. The molecule has 0 aromatic carbocycles. The van der Waals surface area contributed by atoms with Crippen LogP contribution in [0.4, 0.5) is 0 Å². The molecule has 0 saturated carbocycles. The van der Waals surface area contributed by atoms with Gasteiger partial charge in [0.15, 0.2) is 0 Å². The fourth-order valence-corrected chi connectivity index (χ4v) is 1.81. The highest BCUT2D eigenvalue weighted by Crippen LogP contribution is 2.18. The molecule has 96 valence electrons. The molecule has 0 aromatic heterocycles. The van der Waals surface area contributed by atoms with Crippen molar-refractivity contribution in [2.24, 2.45) is 0 Å². The first kappa shape index (κ1) is 15.4. The lowest BCUT2D eigenvalue weighted by molar-refractivity contribution is -0.158. The highest BCUT2D eigenvalue weighted by Gasteiger charge is 2.24. The molecular formula is C13H26O3. The third-order valence-electron chi connectivity index (χ3n) is 2.41. The van der Waals surface area contributed by atoms with E-state index in [9.17, 15) is 9.90 Å². The number of aliphatic hydroxyl groups excluding tert-OH is 1. The van der Waals surface area contributed by atoms with E-state index in [2.05, 4.69) is 6.92 Å². The van der Waals surface area contributed by atoms with Gasteiger partial charge in [0.1, 0.15) is 5.60 Å². The molecule has 0 amide bonds. The van der Waals surface area contributed by atoms with Crippen LogP contribution < -0.4 is 0 Å².